The molecule has 1 amide bonds. The summed E-state index contributed by atoms with van der Waals surface area (Å²) in [6, 6.07) is 3.38. The largest absolute Gasteiger partial charge is 0.372 e. The number of amides is 1. The molecule has 0 saturated carbocycles. The topological polar surface area (TPSA) is 66.9 Å². The van der Waals surface area contributed by atoms with Crippen molar-refractivity contribution in [3.05, 3.63) is 17.8 Å². The number of anilines is 1. The molecule has 0 aliphatic rings. The summed E-state index contributed by atoms with van der Waals surface area (Å²) in [4.78, 5) is 11.5. The lowest BCUT2D eigenvalue weighted by Gasteiger charge is -2.03. The Morgan fingerprint density at radius 3 is 2.73 bits per heavy atom. The summed E-state index contributed by atoms with van der Waals surface area (Å²) in [5, 5.41) is 13.2. The van der Waals surface area contributed by atoms with E-state index in [1.165, 1.54) is 0 Å². The monoisotopic (exact) mass is 208 g/mol. The number of carbonyl (C=O) groups excluding carboxylic acids is 1. The minimum absolute atomic E-state index is 0.168. The molecule has 0 bridgehead atoms. The number of hydrogen-bond acceptors (Lipinski definition) is 4. The lowest BCUT2D eigenvalue weighted by molar-refractivity contribution is 0.0947. The van der Waals surface area contributed by atoms with Crippen molar-refractivity contribution in [3.63, 3.8) is 0 Å². The van der Waals surface area contributed by atoms with Gasteiger partial charge < -0.3 is 10.6 Å². The maximum atomic E-state index is 11.5. The molecule has 82 valence electrons. The van der Waals surface area contributed by atoms with E-state index in [1.54, 1.807) is 19.2 Å². The number of carbonyl (C=O) groups is 1. The van der Waals surface area contributed by atoms with Crippen LogP contribution in [0.15, 0.2) is 12.1 Å². The van der Waals surface area contributed by atoms with Gasteiger partial charge in [-0.2, -0.15) is 0 Å². The first-order chi connectivity index (χ1) is 7.27. The summed E-state index contributed by atoms with van der Waals surface area (Å²) in [7, 11) is 1.75. The van der Waals surface area contributed by atoms with Crippen molar-refractivity contribution in [2.24, 2.45) is 0 Å². The van der Waals surface area contributed by atoms with Gasteiger partial charge in [-0.3, -0.25) is 4.79 Å². The van der Waals surface area contributed by atoms with Gasteiger partial charge in [0.05, 0.1) is 0 Å². The maximum Gasteiger partial charge on any atom is 0.271 e. The Labute approximate surface area is 89.3 Å². The average molecular weight is 208 g/mol. The lowest BCUT2D eigenvalue weighted by Crippen LogP contribution is -2.25. The SMILES string of the molecule is CCCCNC(=O)c1ccc(NC)nn1. The van der Waals surface area contributed by atoms with Gasteiger partial charge in [0.25, 0.3) is 5.91 Å². The van der Waals surface area contributed by atoms with Gasteiger partial charge in [-0.1, -0.05) is 13.3 Å². The van der Waals surface area contributed by atoms with Crippen LogP contribution in [0.5, 0.6) is 0 Å². The summed E-state index contributed by atoms with van der Waals surface area (Å²) < 4.78 is 0. The standard InChI is InChI=1S/C10H16N4O/c1-3-4-7-12-10(15)8-5-6-9(11-2)14-13-8/h5-6H,3-4,7H2,1-2H3,(H,11,14)(H,12,15). The average Bonchev–Trinajstić information content (AvgIpc) is 2.29. The van der Waals surface area contributed by atoms with Crippen LogP contribution in [-0.4, -0.2) is 29.7 Å². The fraction of sp³-hybridized carbons (Fsp3) is 0.500. The molecule has 0 fully saturated rings. The van der Waals surface area contributed by atoms with E-state index < -0.39 is 0 Å². The molecule has 5 heteroatoms. The molecule has 1 rings (SSSR count). The van der Waals surface area contributed by atoms with E-state index in [1.807, 2.05) is 0 Å². The Balaban J connectivity index is 2.50. The summed E-state index contributed by atoms with van der Waals surface area (Å²) in [5.74, 6) is 0.485. The molecular weight excluding hydrogens is 192 g/mol. The van der Waals surface area contributed by atoms with Gasteiger partial charge in [-0.05, 0) is 18.6 Å². The van der Waals surface area contributed by atoms with E-state index in [0.717, 1.165) is 12.8 Å². The second kappa shape index (κ2) is 5.95. The smallest absolute Gasteiger partial charge is 0.271 e. The first kappa shape index (κ1) is 11.4. The van der Waals surface area contributed by atoms with E-state index in [0.29, 0.717) is 18.1 Å². The van der Waals surface area contributed by atoms with Crippen molar-refractivity contribution in [2.45, 2.75) is 19.8 Å². The number of hydrogen-bond donors (Lipinski definition) is 2. The number of unbranched alkanes of at least 4 members (excludes halogenated alkanes) is 1. The fourth-order valence-electron chi connectivity index (χ4n) is 1.06. The predicted octanol–water partition coefficient (Wildman–Crippen LogP) is 1.05. The zero-order valence-electron chi connectivity index (χ0n) is 9.08. The van der Waals surface area contributed by atoms with Gasteiger partial charge >= 0.3 is 0 Å². The molecule has 15 heavy (non-hydrogen) atoms. The molecule has 1 aromatic heterocycles. The van der Waals surface area contributed by atoms with Crippen LogP contribution >= 0.6 is 0 Å². The van der Waals surface area contributed by atoms with Crippen molar-refractivity contribution in [2.75, 3.05) is 18.9 Å². The Morgan fingerprint density at radius 2 is 2.20 bits per heavy atom. The molecule has 1 aromatic rings. The van der Waals surface area contributed by atoms with E-state index in [9.17, 15) is 4.79 Å². The van der Waals surface area contributed by atoms with Crippen molar-refractivity contribution in [3.8, 4) is 0 Å². The van der Waals surface area contributed by atoms with Crippen LogP contribution in [0.1, 0.15) is 30.3 Å². The van der Waals surface area contributed by atoms with Crippen LogP contribution in [-0.2, 0) is 0 Å². The van der Waals surface area contributed by atoms with Crippen LogP contribution < -0.4 is 10.6 Å². The molecule has 0 aliphatic heterocycles. The minimum atomic E-state index is -0.168. The Hall–Kier alpha value is -1.65. The van der Waals surface area contributed by atoms with Crippen molar-refractivity contribution < 1.29 is 4.79 Å². The Morgan fingerprint density at radius 1 is 1.40 bits per heavy atom. The highest BCUT2D eigenvalue weighted by molar-refractivity contribution is 5.92. The molecule has 0 atom stereocenters. The number of nitrogens with zero attached hydrogens (tertiary/aromatic N) is 2. The van der Waals surface area contributed by atoms with E-state index >= 15 is 0 Å². The van der Waals surface area contributed by atoms with E-state index in [4.69, 9.17) is 0 Å². The number of aromatic nitrogens is 2. The van der Waals surface area contributed by atoms with E-state index in [-0.39, 0.29) is 5.91 Å². The molecule has 0 aliphatic carbocycles. The van der Waals surface area contributed by atoms with Crippen LogP contribution in [0, 0.1) is 0 Å². The first-order valence-corrected chi connectivity index (χ1v) is 5.07. The highest BCUT2D eigenvalue weighted by atomic mass is 16.1. The second-order valence-electron chi connectivity index (χ2n) is 3.16. The maximum absolute atomic E-state index is 11.5. The third-order valence-corrected chi connectivity index (χ3v) is 1.97. The minimum Gasteiger partial charge on any atom is -0.372 e. The highest BCUT2D eigenvalue weighted by Gasteiger charge is 2.06. The molecule has 1 heterocycles. The van der Waals surface area contributed by atoms with Crippen LogP contribution in [0.2, 0.25) is 0 Å². The number of nitrogens with one attached hydrogen (secondary N) is 2. The Kier molecular flexibility index (Phi) is 4.53. The van der Waals surface area contributed by atoms with Crippen molar-refractivity contribution in [1.29, 1.82) is 0 Å². The molecule has 0 aromatic carbocycles. The van der Waals surface area contributed by atoms with Gasteiger partial charge in [0, 0.05) is 13.6 Å². The molecule has 0 saturated heterocycles. The lowest BCUT2D eigenvalue weighted by atomic mass is 10.3. The predicted molar refractivity (Wildman–Crippen MR) is 58.8 cm³/mol. The summed E-state index contributed by atoms with van der Waals surface area (Å²) in [6.45, 7) is 2.76. The Bertz CT molecular complexity index is 310. The first-order valence-electron chi connectivity index (χ1n) is 5.07. The van der Waals surface area contributed by atoms with Crippen LogP contribution in [0.4, 0.5) is 5.82 Å². The molecule has 0 unspecified atom stereocenters. The molecule has 2 N–H and O–H groups in total. The van der Waals surface area contributed by atoms with E-state index in [2.05, 4.69) is 27.8 Å². The summed E-state index contributed by atoms with van der Waals surface area (Å²) >= 11 is 0. The summed E-state index contributed by atoms with van der Waals surface area (Å²) in [6.07, 6.45) is 2.04. The van der Waals surface area contributed by atoms with Crippen LogP contribution in [0.25, 0.3) is 0 Å². The summed E-state index contributed by atoms with van der Waals surface area (Å²) in [5.41, 5.74) is 0.352. The second-order valence-corrected chi connectivity index (χ2v) is 3.16. The van der Waals surface area contributed by atoms with Crippen molar-refractivity contribution >= 4 is 11.7 Å². The zero-order valence-corrected chi connectivity index (χ0v) is 9.08. The van der Waals surface area contributed by atoms with Gasteiger partial charge in [-0.15, -0.1) is 10.2 Å². The van der Waals surface area contributed by atoms with Gasteiger partial charge in [0.2, 0.25) is 0 Å². The van der Waals surface area contributed by atoms with Gasteiger partial charge in [0.1, 0.15) is 5.82 Å². The van der Waals surface area contributed by atoms with Crippen molar-refractivity contribution in [1.82, 2.24) is 15.5 Å². The molecule has 5 nitrogen and oxygen atoms in total. The molecule has 0 spiro atoms. The highest BCUT2D eigenvalue weighted by Crippen LogP contribution is 2.00. The van der Waals surface area contributed by atoms with Gasteiger partial charge in [0.15, 0.2) is 5.69 Å². The fourth-order valence-corrected chi connectivity index (χ4v) is 1.06. The van der Waals surface area contributed by atoms with Crippen LogP contribution in [0.3, 0.4) is 0 Å². The normalized spacial score (nSPS) is 9.73. The molecular formula is C10H16N4O. The van der Waals surface area contributed by atoms with Gasteiger partial charge in [-0.25, -0.2) is 0 Å². The quantitative estimate of drug-likeness (QED) is 0.710. The number of rotatable bonds is 5. The zero-order chi connectivity index (χ0) is 11.1. The molecule has 0 radical (unpaired) electrons. The third-order valence-electron chi connectivity index (χ3n) is 1.97. The third kappa shape index (κ3) is 3.53.